The van der Waals surface area contributed by atoms with Gasteiger partial charge in [-0.05, 0) is 19.1 Å². The van der Waals surface area contributed by atoms with Gasteiger partial charge in [0.1, 0.15) is 0 Å². The van der Waals surface area contributed by atoms with Crippen LogP contribution >= 0.6 is 0 Å². The third-order valence-electron chi connectivity index (χ3n) is 2.43. The number of para-hydroxylation sites is 1. The Hall–Kier alpha value is -2.08. The van der Waals surface area contributed by atoms with E-state index in [1.165, 1.54) is 6.92 Å². The van der Waals surface area contributed by atoms with Crippen molar-refractivity contribution in [2.75, 3.05) is 18.4 Å². The standard InChI is InChI=1S/C13H18N2O4/c1-13(19,7-12(17)18)9-15-11(16)8-14-10-5-3-2-4-6-10/h2-6,14,19H,7-9H2,1H3,(H,15,16)(H,17,18). The van der Waals surface area contributed by atoms with Crippen molar-refractivity contribution in [3.8, 4) is 0 Å². The van der Waals surface area contributed by atoms with Gasteiger partial charge >= 0.3 is 5.97 Å². The number of aliphatic carboxylic acids is 1. The Morgan fingerprint density at radius 3 is 2.47 bits per heavy atom. The molecule has 0 aliphatic heterocycles. The number of benzene rings is 1. The highest BCUT2D eigenvalue weighted by Gasteiger charge is 2.24. The molecule has 1 amide bonds. The molecule has 0 aromatic heterocycles. The van der Waals surface area contributed by atoms with E-state index in [1.54, 1.807) is 0 Å². The van der Waals surface area contributed by atoms with Crippen LogP contribution in [0.25, 0.3) is 0 Å². The predicted molar refractivity (Wildman–Crippen MR) is 70.8 cm³/mol. The van der Waals surface area contributed by atoms with Crippen LogP contribution in [0.1, 0.15) is 13.3 Å². The number of carboxylic acid groups (broad SMARTS) is 1. The zero-order valence-corrected chi connectivity index (χ0v) is 10.7. The Balaban J connectivity index is 2.30. The van der Waals surface area contributed by atoms with Crippen LogP contribution in [-0.4, -0.2) is 40.8 Å². The summed E-state index contributed by atoms with van der Waals surface area (Å²) in [6, 6.07) is 9.21. The maximum Gasteiger partial charge on any atom is 0.306 e. The molecule has 0 saturated heterocycles. The van der Waals surface area contributed by atoms with Gasteiger partial charge in [-0.2, -0.15) is 0 Å². The number of aliphatic hydroxyl groups is 1. The minimum absolute atomic E-state index is 0.0627. The maximum atomic E-state index is 11.5. The van der Waals surface area contributed by atoms with Crippen LogP contribution in [0.5, 0.6) is 0 Å². The van der Waals surface area contributed by atoms with E-state index < -0.39 is 18.0 Å². The Bertz CT molecular complexity index is 432. The number of hydrogen-bond donors (Lipinski definition) is 4. The molecule has 1 aromatic carbocycles. The quantitative estimate of drug-likeness (QED) is 0.574. The summed E-state index contributed by atoms with van der Waals surface area (Å²) in [5.74, 6) is -1.42. The van der Waals surface area contributed by atoms with E-state index >= 15 is 0 Å². The fourth-order valence-electron chi connectivity index (χ4n) is 1.48. The van der Waals surface area contributed by atoms with Gasteiger partial charge < -0.3 is 20.8 Å². The van der Waals surface area contributed by atoms with Gasteiger partial charge in [-0.1, -0.05) is 18.2 Å². The summed E-state index contributed by atoms with van der Waals surface area (Å²) in [4.78, 5) is 22.0. The van der Waals surface area contributed by atoms with Crippen LogP contribution in [0.3, 0.4) is 0 Å². The third-order valence-corrected chi connectivity index (χ3v) is 2.43. The van der Waals surface area contributed by atoms with Crippen LogP contribution in [0, 0.1) is 0 Å². The van der Waals surface area contributed by atoms with Crippen molar-refractivity contribution in [1.82, 2.24) is 5.32 Å². The number of carboxylic acids is 1. The van der Waals surface area contributed by atoms with E-state index in [2.05, 4.69) is 10.6 Å². The van der Waals surface area contributed by atoms with Gasteiger partial charge in [0.15, 0.2) is 0 Å². The Morgan fingerprint density at radius 2 is 1.89 bits per heavy atom. The smallest absolute Gasteiger partial charge is 0.306 e. The molecule has 0 heterocycles. The molecule has 0 fully saturated rings. The number of carbonyl (C=O) groups excluding carboxylic acids is 1. The highest BCUT2D eigenvalue weighted by Crippen LogP contribution is 2.07. The van der Waals surface area contributed by atoms with Crippen molar-refractivity contribution < 1.29 is 19.8 Å². The molecule has 0 radical (unpaired) electrons. The minimum Gasteiger partial charge on any atom is -0.481 e. The molecule has 0 saturated carbocycles. The topological polar surface area (TPSA) is 98.7 Å². The molecule has 4 N–H and O–H groups in total. The average Bonchev–Trinajstić information content (AvgIpc) is 2.34. The summed E-state index contributed by atoms with van der Waals surface area (Å²) >= 11 is 0. The second-order valence-electron chi connectivity index (χ2n) is 4.56. The van der Waals surface area contributed by atoms with Gasteiger partial charge in [0.25, 0.3) is 0 Å². The first kappa shape index (κ1) is 15.0. The van der Waals surface area contributed by atoms with Gasteiger partial charge in [0.05, 0.1) is 18.6 Å². The minimum atomic E-state index is -1.45. The van der Waals surface area contributed by atoms with Crippen molar-refractivity contribution in [1.29, 1.82) is 0 Å². The SMILES string of the molecule is CC(O)(CNC(=O)CNc1ccccc1)CC(=O)O. The molecule has 0 aliphatic rings. The third kappa shape index (κ3) is 6.42. The number of nitrogens with one attached hydrogen (secondary N) is 2. The van der Waals surface area contributed by atoms with Crippen molar-refractivity contribution in [2.45, 2.75) is 18.9 Å². The fraction of sp³-hybridized carbons (Fsp3) is 0.385. The highest BCUT2D eigenvalue weighted by atomic mass is 16.4. The average molecular weight is 266 g/mol. The number of rotatable bonds is 7. The van der Waals surface area contributed by atoms with Crippen LogP contribution in [-0.2, 0) is 9.59 Å². The van der Waals surface area contributed by atoms with Crippen molar-refractivity contribution in [3.05, 3.63) is 30.3 Å². The van der Waals surface area contributed by atoms with Crippen molar-refractivity contribution in [3.63, 3.8) is 0 Å². The van der Waals surface area contributed by atoms with E-state index in [0.29, 0.717) is 0 Å². The van der Waals surface area contributed by atoms with Gasteiger partial charge in [-0.15, -0.1) is 0 Å². The molecule has 1 unspecified atom stereocenters. The molecule has 6 heteroatoms. The maximum absolute atomic E-state index is 11.5. The van der Waals surface area contributed by atoms with Gasteiger partial charge in [-0.3, -0.25) is 9.59 Å². The molecule has 0 bridgehead atoms. The van der Waals surface area contributed by atoms with Gasteiger partial charge in [0.2, 0.25) is 5.91 Å². The van der Waals surface area contributed by atoms with Crippen LogP contribution in [0.15, 0.2) is 30.3 Å². The van der Waals surface area contributed by atoms with Gasteiger partial charge in [-0.25, -0.2) is 0 Å². The van der Waals surface area contributed by atoms with E-state index in [1.807, 2.05) is 30.3 Å². The summed E-state index contributed by atoms with van der Waals surface area (Å²) in [6.45, 7) is 1.33. The molecular weight excluding hydrogens is 248 g/mol. The molecular formula is C13H18N2O4. The van der Waals surface area contributed by atoms with Crippen molar-refractivity contribution >= 4 is 17.6 Å². The van der Waals surface area contributed by atoms with Gasteiger partial charge in [0, 0.05) is 12.2 Å². The lowest BCUT2D eigenvalue weighted by atomic mass is 10.0. The highest BCUT2D eigenvalue weighted by molar-refractivity contribution is 5.80. The number of hydrogen-bond acceptors (Lipinski definition) is 4. The van der Waals surface area contributed by atoms with Crippen LogP contribution in [0.2, 0.25) is 0 Å². The van der Waals surface area contributed by atoms with E-state index in [-0.39, 0.29) is 19.0 Å². The lowest BCUT2D eigenvalue weighted by Crippen LogP contribution is -2.43. The lowest BCUT2D eigenvalue weighted by Gasteiger charge is -2.21. The summed E-state index contributed by atoms with van der Waals surface area (Å²) in [5, 5.41) is 23.7. The normalized spacial score (nSPS) is 13.4. The molecule has 1 atom stereocenters. The predicted octanol–water partition coefficient (Wildman–Crippen LogP) is 0.440. The molecule has 1 rings (SSSR count). The molecule has 104 valence electrons. The molecule has 0 spiro atoms. The summed E-state index contributed by atoms with van der Waals surface area (Å²) in [5.41, 5.74) is -0.635. The van der Waals surface area contributed by atoms with Crippen LogP contribution in [0.4, 0.5) is 5.69 Å². The van der Waals surface area contributed by atoms with E-state index in [0.717, 1.165) is 5.69 Å². The largest absolute Gasteiger partial charge is 0.481 e. The summed E-state index contributed by atoms with van der Waals surface area (Å²) in [7, 11) is 0. The first-order chi connectivity index (χ1) is 8.89. The zero-order chi connectivity index (χ0) is 14.3. The second-order valence-corrected chi connectivity index (χ2v) is 4.56. The van der Waals surface area contributed by atoms with E-state index in [9.17, 15) is 14.7 Å². The van der Waals surface area contributed by atoms with E-state index in [4.69, 9.17) is 5.11 Å². The molecule has 1 aromatic rings. The first-order valence-corrected chi connectivity index (χ1v) is 5.89. The van der Waals surface area contributed by atoms with Crippen LogP contribution < -0.4 is 10.6 Å². The molecule has 0 aliphatic carbocycles. The fourth-order valence-corrected chi connectivity index (χ4v) is 1.48. The number of anilines is 1. The zero-order valence-electron chi connectivity index (χ0n) is 10.7. The summed E-state index contributed by atoms with van der Waals surface area (Å²) < 4.78 is 0. The number of amides is 1. The second kappa shape index (κ2) is 6.75. The Morgan fingerprint density at radius 1 is 1.26 bits per heavy atom. The Kier molecular flexibility index (Phi) is 5.32. The molecule has 6 nitrogen and oxygen atoms in total. The van der Waals surface area contributed by atoms with Crippen molar-refractivity contribution in [2.24, 2.45) is 0 Å². The Labute approximate surface area is 111 Å². The lowest BCUT2D eigenvalue weighted by molar-refractivity contribution is -0.142. The number of carbonyl (C=O) groups is 2. The first-order valence-electron chi connectivity index (χ1n) is 5.89. The molecule has 19 heavy (non-hydrogen) atoms. The summed E-state index contributed by atoms with van der Waals surface area (Å²) in [6.07, 6.45) is -0.417. The monoisotopic (exact) mass is 266 g/mol.